The van der Waals surface area contributed by atoms with Crippen molar-refractivity contribution in [1.29, 1.82) is 0 Å². The van der Waals surface area contributed by atoms with Gasteiger partial charge in [-0.05, 0) is 122 Å². The van der Waals surface area contributed by atoms with Gasteiger partial charge in [-0.25, -0.2) is 0 Å². The van der Waals surface area contributed by atoms with E-state index < -0.39 is 6.10 Å². The standard InChI is InChI=1S/C63H102O5/c1-4-7-10-13-16-19-22-25-27-29-31-33-35-37-40-43-46-49-52-55-58-66-59-61(68-63(65)57-54-51-48-45-42-38-24-21-18-15-12-9-6-3)60-67-62(64)56-53-50-47-44-41-39-36-34-32-30-28-26-23-20-17-14-11-8-5-2/h8,11-12,15-17,19-21,24-28,31-34,39,41,47,50,61H,4-7,9-10,13-14,18,22-23,29-30,35-38,40,42-46,48-49,51-60H2,1-3H3/b11-8-,15-12-,19-16-,20-17-,24-21-,27-25-,28-26-,33-31-,34-32-,41-39-,50-47-. The van der Waals surface area contributed by atoms with Gasteiger partial charge in [0, 0.05) is 19.4 Å². The summed E-state index contributed by atoms with van der Waals surface area (Å²) in [6.45, 7) is 7.49. The van der Waals surface area contributed by atoms with Gasteiger partial charge in [-0.2, -0.15) is 0 Å². The molecule has 1 unspecified atom stereocenters. The Labute approximate surface area is 419 Å². The summed E-state index contributed by atoms with van der Waals surface area (Å²) in [6, 6.07) is 0. The molecule has 5 heteroatoms. The van der Waals surface area contributed by atoms with Gasteiger partial charge in [0.05, 0.1) is 6.61 Å². The van der Waals surface area contributed by atoms with Crippen molar-refractivity contribution >= 4 is 11.9 Å². The van der Waals surface area contributed by atoms with Crippen molar-refractivity contribution in [2.75, 3.05) is 19.8 Å². The van der Waals surface area contributed by atoms with E-state index in [0.29, 0.717) is 25.9 Å². The Morgan fingerprint density at radius 2 is 0.721 bits per heavy atom. The predicted octanol–water partition coefficient (Wildman–Crippen LogP) is 19.1. The molecule has 0 N–H and O–H groups in total. The lowest BCUT2D eigenvalue weighted by atomic mass is 10.1. The second kappa shape index (κ2) is 57.4. The van der Waals surface area contributed by atoms with E-state index in [9.17, 15) is 9.59 Å². The van der Waals surface area contributed by atoms with Crippen molar-refractivity contribution < 1.29 is 23.8 Å². The number of hydrogen-bond donors (Lipinski definition) is 0. The SMILES string of the molecule is CC/C=C\C/C=C\C/C=C\C/C=C\C/C=C\C/C=C\CCC(=O)OCC(COCCCCCCCCC/C=C\C/C=C\C/C=C\CCCCC)OC(=O)CCCCCCC/C=C\C/C=C\CCC. The van der Waals surface area contributed by atoms with Crippen LogP contribution in [-0.4, -0.2) is 37.9 Å². The Balaban J connectivity index is 4.43. The fourth-order valence-electron chi connectivity index (χ4n) is 7.05. The first-order valence-corrected chi connectivity index (χ1v) is 27.7. The summed E-state index contributed by atoms with van der Waals surface area (Å²) >= 11 is 0. The summed E-state index contributed by atoms with van der Waals surface area (Å²) in [7, 11) is 0. The maximum atomic E-state index is 12.8. The lowest BCUT2D eigenvalue weighted by molar-refractivity contribution is -0.162. The summed E-state index contributed by atoms with van der Waals surface area (Å²) in [4.78, 5) is 25.4. The van der Waals surface area contributed by atoms with Gasteiger partial charge in [0.2, 0.25) is 0 Å². The molecule has 0 aliphatic heterocycles. The van der Waals surface area contributed by atoms with Crippen molar-refractivity contribution in [2.24, 2.45) is 0 Å². The van der Waals surface area contributed by atoms with Crippen LogP contribution in [0.2, 0.25) is 0 Å². The number of unbranched alkanes of at least 4 members (excludes halogenated alkanes) is 16. The van der Waals surface area contributed by atoms with Crippen LogP contribution >= 0.6 is 0 Å². The summed E-state index contributed by atoms with van der Waals surface area (Å²) in [5.74, 6) is -0.524. The summed E-state index contributed by atoms with van der Waals surface area (Å²) in [5.41, 5.74) is 0. The predicted molar refractivity (Wildman–Crippen MR) is 297 cm³/mol. The average Bonchev–Trinajstić information content (AvgIpc) is 3.34. The molecule has 0 radical (unpaired) electrons. The molecule has 0 amide bonds. The van der Waals surface area contributed by atoms with Crippen LogP contribution in [0.15, 0.2) is 134 Å². The van der Waals surface area contributed by atoms with Gasteiger partial charge in [0.1, 0.15) is 6.61 Å². The van der Waals surface area contributed by atoms with E-state index >= 15 is 0 Å². The van der Waals surface area contributed by atoms with Gasteiger partial charge in [-0.1, -0.05) is 225 Å². The van der Waals surface area contributed by atoms with E-state index in [-0.39, 0.29) is 25.2 Å². The highest BCUT2D eigenvalue weighted by Gasteiger charge is 2.17. The third-order valence-electron chi connectivity index (χ3n) is 11.1. The molecule has 0 aliphatic rings. The van der Waals surface area contributed by atoms with Crippen LogP contribution in [0.5, 0.6) is 0 Å². The molecule has 0 bridgehead atoms. The number of rotatable bonds is 49. The molecule has 0 saturated carbocycles. The maximum absolute atomic E-state index is 12.8. The minimum atomic E-state index is -0.590. The third kappa shape index (κ3) is 54.6. The molecular weight excluding hydrogens is 837 g/mol. The molecule has 0 spiro atoms. The molecule has 1 atom stereocenters. The van der Waals surface area contributed by atoms with Gasteiger partial charge >= 0.3 is 11.9 Å². The molecule has 384 valence electrons. The van der Waals surface area contributed by atoms with E-state index in [0.717, 1.165) is 103 Å². The van der Waals surface area contributed by atoms with Crippen LogP contribution < -0.4 is 0 Å². The molecule has 0 rings (SSSR count). The number of carbonyl (C=O) groups is 2. The Bertz CT molecular complexity index is 1430. The zero-order valence-corrected chi connectivity index (χ0v) is 44.1. The Morgan fingerprint density at radius 3 is 1.18 bits per heavy atom. The topological polar surface area (TPSA) is 61.8 Å². The van der Waals surface area contributed by atoms with Crippen LogP contribution in [0.25, 0.3) is 0 Å². The fraction of sp³-hybridized carbons (Fsp3) is 0.619. The lowest BCUT2D eigenvalue weighted by Gasteiger charge is -2.18. The molecule has 0 aromatic carbocycles. The van der Waals surface area contributed by atoms with E-state index in [1.807, 2.05) is 6.08 Å². The molecule has 0 fully saturated rings. The van der Waals surface area contributed by atoms with Crippen molar-refractivity contribution in [3.05, 3.63) is 134 Å². The van der Waals surface area contributed by atoms with Crippen LogP contribution in [0.4, 0.5) is 0 Å². The van der Waals surface area contributed by atoms with Crippen molar-refractivity contribution in [2.45, 2.75) is 232 Å². The molecule has 5 nitrogen and oxygen atoms in total. The van der Waals surface area contributed by atoms with Crippen LogP contribution in [0.3, 0.4) is 0 Å². The first-order chi connectivity index (χ1) is 33.6. The molecule has 0 aliphatic carbocycles. The van der Waals surface area contributed by atoms with Gasteiger partial charge in [0.25, 0.3) is 0 Å². The maximum Gasteiger partial charge on any atom is 0.306 e. The van der Waals surface area contributed by atoms with E-state index in [1.54, 1.807) is 0 Å². The van der Waals surface area contributed by atoms with Gasteiger partial charge in [0.15, 0.2) is 6.10 Å². The van der Waals surface area contributed by atoms with Gasteiger partial charge in [-0.3, -0.25) is 9.59 Å². The molecular formula is C63H102O5. The highest BCUT2D eigenvalue weighted by atomic mass is 16.6. The molecule has 0 saturated heterocycles. The zero-order chi connectivity index (χ0) is 49.2. The lowest BCUT2D eigenvalue weighted by Crippen LogP contribution is -2.30. The Morgan fingerprint density at radius 1 is 0.338 bits per heavy atom. The fourth-order valence-corrected chi connectivity index (χ4v) is 7.05. The quantitative estimate of drug-likeness (QED) is 0.0345. The average molecular weight is 940 g/mol. The monoisotopic (exact) mass is 939 g/mol. The zero-order valence-electron chi connectivity index (χ0n) is 44.1. The smallest absolute Gasteiger partial charge is 0.306 e. The second-order valence-corrected chi connectivity index (χ2v) is 17.7. The second-order valence-electron chi connectivity index (χ2n) is 17.7. The van der Waals surface area contributed by atoms with Gasteiger partial charge < -0.3 is 14.2 Å². The minimum absolute atomic E-state index is 0.0268. The number of allylic oxidation sites excluding steroid dienone is 22. The van der Waals surface area contributed by atoms with Crippen molar-refractivity contribution in [3.8, 4) is 0 Å². The number of hydrogen-bond acceptors (Lipinski definition) is 5. The van der Waals surface area contributed by atoms with E-state index in [2.05, 4.69) is 148 Å². The Hall–Kier alpha value is -3.96. The summed E-state index contributed by atoms with van der Waals surface area (Å²) in [5, 5.41) is 0. The van der Waals surface area contributed by atoms with E-state index in [4.69, 9.17) is 14.2 Å². The molecule has 0 aromatic heterocycles. The normalized spacial score (nSPS) is 13.3. The molecule has 0 heterocycles. The van der Waals surface area contributed by atoms with Crippen molar-refractivity contribution in [3.63, 3.8) is 0 Å². The van der Waals surface area contributed by atoms with E-state index in [1.165, 1.54) is 83.5 Å². The highest BCUT2D eigenvalue weighted by Crippen LogP contribution is 2.12. The third-order valence-corrected chi connectivity index (χ3v) is 11.1. The largest absolute Gasteiger partial charge is 0.462 e. The van der Waals surface area contributed by atoms with Gasteiger partial charge in [-0.15, -0.1) is 0 Å². The highest BCUT2D eigenvalue weighted by molar-refractivity contribution is 5.70. The van der Waals surface area contributed by atoms with Crippen molar-refractivity contribution in [1.82, 2.24) is 0 Å². The number of esters is 2. The van der Waals surface area contributed by atoms with Crippen LogP contribution in [0, 0.1) is 0 Å². The molecule has 0 aromatic rings. The first-order valence-electron chi connectivity index (χ1n) is 27.7. The summed E-state index contributed by atoms with van der Waals surface area (Å²) < 4.78 is 17.4. The summed E-state index contributed by atoms with van der Waals surface area (Å²) in [6.07, 6.45) is 81.9. The molecule has 68 heavy (non-hydrogen) atoms. The van der Waals surface area contributed by atoms with Crippen LogP contribution in [0.1, 0.15) is 226 Å². The number of ether oxygens (including phenoxy) is 3. The first kappa shape index (κ1) is 64.0. The van der Waals surface area contributed by atoms with Crippen LogP contribution in [-0.2, 0) is 23.8 Å². The Kier molecular flexibility index (Phi) is 54.0. The number of carbonyl (C=O) groups excluding carboxylic acids is 2. The minimum Gasteiger partial charge on any atom is -0.462 e.